The molecule has 0 aromatic heterocycles. The van der Waals surface area contributed by atoms with Crippen LogP contribution in [0.25, 0.3) is 0 Å². The predicted molar refractivity (Wildman–Crippen MR) is 103 cm³/mol. The Morgan fingerprint density at radius 1 is 1.27 bits per heavy atom. The number of carbonyl (C=O) groups excluding carboxylic acids is 1. The summed E-state index contributed by atoms with van der Waals surface area (Å²) in [5, 5.41) is 4.15. The number of rotatable bonds is 6. The van der Waals surface area contributed by atoms with Crippen LogP contribution in [0.5, 0.6) is 11.5 Å². The highest BCUT2D eigenvalue weighted by atomic mass is 35.5. The van der Waals surface area contributed by atoms with E-state index in [0.29, 0.717) is 29.7 Å². The number of hydrogen-bond donors (Lipinski definition) is 1. The first-order valence-electron chi connectivity index (χ1n) is 9.65. The molecular formula is C20H29ClN2O3. The fourth-order valence-corrected chi connectivity index (χ4v) is 4.41. The normalized spacial score (nSPS) is 22.1. The number of nitrogens with one attached hydrogen (secondary N) is 1. The highest BCUT2D eigenvalue weighted by Gasteiger charge is 2.51. The summed E-state index contributed by atoms with van der Waals surface area (Å²) in [6.07, 6.45) is 5.91. The maximum Gasteiger partial charge on any atom is 0.244 e. The Morgan fingerprint density at radius 3 is 2.62 bits per heavy atom. The van der Waals surface area contributed by atoms with Crippen molar-refractivity contribution in [3.05, 3.63) is 22.7 Å². The SMILES string of the molecule is CCCOc1c(Cl)cc(C2NC3(CCCCC3)C(=O)N2CC)cc1OC. The van der Waals surface area contributed by atoms with Crippen molar-refractivity contribution in [3.63, 3.8) is 0 Å². The number of benzene rings is 1. The van der Waals surface area contributed by atoms with Crippen molar-refractivity contribution in [2.24, 2.45) is 0 Å². The fraction of sp³-hybridized carbons (Fsp3) is 0.650. The van der Waals surface area contributed by atoms with Gasteiger partial charge in [-0.3, -0.25) is 10.1 Å². The van der Waals surface area contributed by atoms with Gasteiger partial charge in [0.05, 0.1) is 24.3 Å². The van der Waals surface area contributed by atoms with Gasteiger partial charge in [-0.15, -0.1) is 0 Å². The van der Waals surface area contributed by atoms with Crippen LogP contribution in [0.3, 0.4) is 0 Å². The van der Waals surface area contributed by atoms with E-state index in [1.54, 1.807) is 7.11 Å². The van der Waals surface area contributed by atoms with Gasteiger partial charge in [-0.25, -0.2) is 0 Å². The number of hydrogen-bond acceptors (Lipinski definition) is 4. The molecule has 1 unspecified atom stereocenters. The van der Waals surface area contributed by atoms with Gasteiger partial charge in [0.2, 0.25) is 5.91 Å². The molecule has 26 heavy (non-hydrogen) atoms. The summed E-state index contributed by atoms with van der Waals surface area (Å²) in [4.78, 5) is 15.0. The second kappa shape index (κ2) is 8.05. The maximum absolute atomic E-state index is 13.1. The number of methoxy groups -OCH3 is 1. The lowest BCUT2D eigenvalue weighted by atomic mass is 9.81. The summed E-state index contributed by atoms with van der Waals surface area (Å²) in [7, 11) is 1.61. The lowest BCUT2D eigenvalue weighted by molar-refractivity contribution is -0.134. The Hall–Kier alpha value is -1.46. The number of likely N-dealkylation sites (N-methyl/N-ethyl adjacent to an activating group) is 1. The van der Waals surface area contributed by atoms with Crippen LogP contribution in [0.4, 0.5) is 0 Å². The molecule has 144 valence electrons. The van der Waals surface area contributed by atoms with E-state index in [0.717, 1.165) is 37.7 Å². The van der Waals surface area contributed by atoms with Crippen molar-refractivity contribution in [2.45, 2.75) is 64.1 Å². The van der Waals surface area contributed by atoms with E-state index in [-0.39, 0.29) is 12.1 Å². The van der Waals surface area contributed by atoms with Crippen LogP contribution in [-0.2, 0) is 4.79 Å². The molecule has 1 atom stereocenters. The Morgan fingerprint density at radius 2 is 2.00 bits per heavy atom. The first kappa shape index (κ1) is 19.3. The molecule has 1 saturated carbocycles. The quantitative estimate of drug-likeness (QED) is 0.799. The number of carbonyl (C=O) groups is 1. The Kier molecular flexibility index (Phi) is 5.98. The monoisotopic (exact) mass is 380 g/mol. The van der Waals surface area contributed by atoms with Crippen molar-refractivity contribution in [1.29, 1.82) is 0 Å². The number of amides is 1. The molecule has 1 N–H and O–H groups in total. The molecule has 1 aromatic carbocycles. The van der Waals surface area contributed by atoms with Crippen molar-refractivity contribution in [3.8, 4) is 11.5 Å². The molecule has 1 saturated heterocycles. The number of ether oxygens (including phenoxy) is 2. The molecule has 2 fully saturated rings. The Labute approximate surface area is 161 Å². The lowest BCUT2D eigenvalue weighted by Crippen LogP contribution is -2.48. The summed E-state index contributed by atoms with van der Waals surface area (Å²) < 4.78 is 11.3. The van der Waals surface area contributed by atoms with Crippen LogP contribution in [0.15, 0.2) is 12.1 Å². The molecule has 6 heteroatoms. The minimum Gasteiger partial charge on any atom is -0.493 e. The van der Waals surface area contributed by atoms with Gasteiger partial charge in [-0.2, -0.15) is 0 Å². The highest BCUT2D eigenvalue weighted by molar-refractivity contribution is 6.32. The molecule has 1 aromatic rings. The summed E-state index contributed by atoms with van der Waals surface area (Å²) in [5.74, 6) is 1.39. The predicted octanol–water partition coefficient (Wildman–Crippen LogP) is 4.29. The first-order chi connectivity index (χ1) is 12.6. The van der Waals surface area contributed by atoms with E-state index in [2.05, 4.69) is 5.32 Å². The topological polar surface area (TPSA) is 50.8 Å². The molecule has 5 nitrogen and oxygen atoms in total. The average Bonchev–Trinajstić information content (AvgIpc) is 2.92. The second-order valence-electron chi connectivity index (χ2n) is 7.16. The molecule has 1 spiro atoms. The largest absolute Gasteiger partial charge is 0.493 e. The van der Waals surface area contributed by atoms with E-state index in [9.17, 15) is 4.79 Å². The molecule has 0 radical (unpaired) electrons. The van der Waals surface area contributed by atoms with Gasteiger partial charge in [-0.1, -0.05) is 37.8 Å². The molecule has 3 rings (SSSR count). The summed E-state index contributed by atoms with van der Waals surface area (Å²) in [6, 6.07) is 3.83. The van der Waals surface area contributed by atoms with Gasteiger partial charge >= 0.3 is 0 Å². The third-order valence-corrected chi connectivity index (χ3v) is 5.74. The third-order valence-electron chi connectivity index (χ3n) is 5.46. The van der Waals surface area contributed by atoms with Crippen LogP contribution in [-0.4, -0.2) is 36.6 Å². The zero-order valence-corrected chi connectivity index (χ0v) is 16.7. The first-order valence-corrected chi connectivity index (χ1v) is 10.0. The maximum atomic E-state index is 13.1. The Bertz CT molecular complexity index is 659. The van der Waals surface area contributed by atoms with Crippen LogP contribution in [0.2, 0.25) is 5.02 Å². The molecule has 0 bridgehead atoms. The van der Waals surface area contributed by atoms with Gasteiger partial charge in [0.25, 0.3) is 0 Å². The zero-order chi connectivity index (χ0) is 18.7. The van der Waals surface area contributed by atoms with Gasteiger partial charge in [0.1, 0.15) is 6.17 Å². The molecule has 1 aliphatic heterocycles. The number of nitrogens with zero attached hydrogens (tertiary/aromatic N) is 1. The van der Waals surface area contributed by atoms with E-state index in [1.807, 2.05) is 30.9 Å². The molecule has 1 amide bonds. The zero-order valence-electron chi connectivity index (χ0n) is 15.9. The molecule has 1 aliphatic carbocycles. The third kappa shape index (κ3) is 3.39. The highest BCUT2D eigenvalue weighted by Crippen LogP contribution is 2.43. The van der Waals surface area contributed by atoms with Gasteiger partial charge in [0, 0.05) is 6.54 Å². The van der Waals surface area contributed by atoms with Gasteiger partial charge in [-0.05, 0) is 43.9 Å². The van der Waals surface area contributed by atoms with Crippen LogP contribution in [0, 0.1) is 0 Å². The van der Waals surface area contributed by atoms with E-state index in [4.69, 9.17) is 21.1 Å². The van der Waals surface area contributed by atoms with Crippen LogP contribution >= 0.6 is 11.6 Å². The Balaban J connectivity index is 1.94. The van der Waals surface area contributed by atoms with E-state index < -0.39 is 5.54 Å². The number of halogens is 1. The van der Waals surface area contributed by atoms with Crippen LogP contribution < -0.4 is 14.8 Å². The summed E-state index contributed by atoms with van der Waals surface area (Å²) in [6.45, 7) is 5.31. The second-order valence-corrected chi connectivity index (χ2v) is 7.57. The lowest BCUT2D eigenvalue weighted by Gasteiger charge is -2.31. The van der Waals surface area contributed by atoms with Gasteiger partial charge in [0.15, 0.2) is 11.5 Å². The van der Waals surface area contributed by atoms with Crippen molar-refractivity contribution in [2.75, 3.05) is 20.3 Å². The van der Waals surface area contributed by atoms with Gasteiger partial charge < -0.3 is 14.4 Å². The molecular weight excluding hydrogens is 352 g/mol. The molecule has 1 heterocycles. The van der Waals surface area contributed by atoms with Crippen LogP contribution in [0.1, 0.15) is 64.1 Å². The standard InChI is InChI=1S/C20H29ClN2O3/c1-4-11-26-17-15(21)12-14(13-16(17)25-3)18-22-20(9-7-6-8-10-20)19(24)23(18)5-2/h12-13,18,22H,4-11H2,1-3H3. The van der Waals surface area contributed by atoms with Crippen molar-refractivity contribution in [1.82, 2.24) is 10.2 Å². The molecule has 2 aliphatic rings. The van der Waals surface area contributed by atoms with E-state index >= 15 is 0 Å². The van der Waals surface area contributed by atoms with E-state index in [1.165, 1.54) is 6.42 Å². The summed E-state index contributed by atoms with van der Waals surface area (Å²) >= 11 is 6.50. The minimum atomic E-state index is -0.421. The summed E-state index contributed by atoms with van der Waals surface area (Å²) in [5.41, 5.74) is 0.518. The minimum absolute atomic E-state index is 0.183. The average molecular weight is 381 g/mol. The smallest absolute Gasteiger partial charge is 0.244 e. The van der Waals surface area contributed by atoms with Crippen molar-refractivity contribution < 1.29 is 14.3 Å². The fourth-order valence-electron chi connectivity index (χ4n) is 4.14. The van der Waals surface area contributed by atoms with Crippen molar-refractivity contribution >= 4 is 17.5 Å².